The fourth-order valence-corrected chi connectivity index (χ4v) is 2.07. The van der Waals surface area contributed by atoms with Crippen molar-refractivity contribution in [3.63, 3.8) is 0 Å². The van der Waals surface area contributed by atoms with Crippen LogP contribution in [0.4, 0.5) is 0 Å². The standard InChI is InChI=1S/C18H21N/c1-16(15-18-11-6-3-7-12-18)19-14-8-13-17-9-4-2-5-10-17/h2-13,16,19H,14-15H2,1H3. The first kappa shape index (κ1) is 13.6. The van der Waals surface area contributed by atoms with E-state index in [2.05, 4.69) is 79.0 Å². The van der Waals surface area contributed by atoms with E-state index < -0.39 is 0 Å². The third-order valence-electron chi connectivity index (χ3n) is 3.08. The first-order chi connectivity index (χ1) is 9.34. The minimum atomic E-state index is 0.489. The predicted octanol–water partition coefficient (Wildman–Crippen LogP) is 3.92. The molecule has 0 saturated carbocycles. The monoisotopic (exact) mass is 251 g/mol. The van der Waals surface area contributed by atoms with Gasteiger partial charge in [0.1, 0.15) is 0 Å². The molecule has 0 bridgehead atoms. The molecular formula is C18H21N. The van der Waals surface area contributed by atoms with Gasteiger partial charge >= 0.3 is 0 Å². The highest BCUT2D eigenvalue weighted by atomic mass is 14.9. The molecule has 1 nitrogen and oxygen atoms in total. The van der Waals surface area contributed by atoms with E-state index in [0.29, 0.717) is 6.04 Å². The zero-order chi connectivity index (χ0) is 13.3. The average molecular weight is 251 g/mol. The minimum absolute atomic E-state index is 0.489. The van der Waals surface area contributed by atoms with Crippen LogP contribution in [0.3, 0.4) is 0 Å². The van der Waals surface area contributed by atoms with Gasteiger partial charge in [0.15, 0.2) is 0 Å². The highest BCUT2D eigenvalue weighted by molar-refractivity contribution is 5.48. The molecule has 0 fully saturated rings. The molecule has 0 aliphatic rings. The molecule has 1 atom stereocenters. The lowest BCUT2D eigenvalue weighted by Crippen LogP contribution is -2.28. The molecule has 0 amide bonds. The zero-order valence-electron chi connectivity index (χ0n) is 11.4. The van der Waals surface area contributed by atoms with E-state index in [0.717, 1.165) is 13.0 Å². The lowest BCUT2D eigenvalue weighted by Gasteiger charge is -2.12. The third-order valence-corrected chi connectivity index (χ3v) is 3.08. The maximum absolute atomic E-state index is 3.51. The summed E-state index contributed by atoms with van der Waals surface area (Å²) in [5.41, 5.74) is 2.63. The summed E-state index contributed by atoms with van der Waals surface area (Å²) in [4.78, 5) is 0. The summed E-state index contributed by atoms with van der Waals surface area (Å²) >= 11 is 0. The molecule has 98 valence electrons. The topological polar surface area (TPSA) is 12.0 Å². The molecule has 1 N–H and O–H groups in total. The van der Waals surface area contributed by atoms with Crippen molar-refractivity contribution in [3.05, 3.63) is 77.9 Å². The quantitative estimate of drug-likeness (QED) is 0.820. The summed E-state index contributed by atoms with van der Waals surface area (Å²) in [5.74, 6) is 0. The zero-order valence-corrected chi connectivity index (χ0v) is 11.4. The van der Waals surface area contributed by atoms with Crippen molar-refractivity contribution in [2.75, 3.05) is 6.54 Å². The van der Waals surface area contributed by atoms with E-state index in [9.17, 15) is 0 Å². The van der Waals surface area contributed by atoms with E-state index in [-0.39, 0.29) is 0 Å². The Balaban J connectivity index is 1.72. The van der Waals surface area contributed by atoms with Gasteiger partial charge in [0, 0.05) is 12.6 Å². The molecule has 1 unspecified atom stereocenters. The van der Waals surface area contributed by atoms with E-state index in [1.54, 1.807) is 0 Å². The molecular weight excluding hydrogens is 230 g/mol. The van der Waals surface area contributed by atoms with Gasteiger partial charge in [-0.2, -0.15) is 0 Å². The number of hydrogen-bond acceptors (Lipinski definition) is 1. The SMILES string of the molecule is CC(Cc1ccccc1)NCC=Cc1ccccc1. The summed E-state index contributed by atoms with van der Waals surface area (Å²) in [6, 6.07) is 21.5. The molecule has 0 saturated heterocycles. The molecule has 0 radical (unpaired) electrons. The van der Waals surface area contributed by atoms with Gasteiger partial charge in [0.2, 0.25) is 0 Å². The Morgan fingerprint density at radius 2 is 1.58 bits per heavy atom. The maximum atomic E-state index is 3.51. The van der Waals surface area contributed by atoms with Crippen LogP contribution in [0.5, 0.6) is 0 Å². The van der Waals surface area contributed by atoms with Gasteiger partial charge in [-0.05, 0) is 24.5 Å². The van der Waals surface area contributed by atoms with Crippen LogP contribution in [0.1, 0.15) is 18.1 Å². The third kappa shape index (κ3) is 5.11. The van der Waals surface area contributed by atoms with Gasteiger partial charge < -0.3 is 5.32 Å². The highest BCUT2D eigenvalue weighted by Crippen LogP contribution is 2.03. The minimum Gasteiger partial charge on any atom is -0.310 e. The van der Waals surface area contributed by atoms with E-state index in [1.807, 2.05) is 6.07 Å². The van der Waals surface area contributed by atoms with E-state index in [1.165, 1.54) is 11.1 Å². The fourth-order valence-electron chi connectivity index (χ4n) is 2.07. The second-order valence-corrected chi connectivity index (χ2v) is 4.81. The lowest BCUT2D eigenvalue weighted by molar-refractivity contribution is 0.581. The lowest BCUT2D eigenvalue weighted by atomic mass is 10.1. The second-order valence-electron chi connectivity index (χ2n) is 4.81. The van der Waals surface area contributed by atoms with Crippen LogP contribution < -0.4 is 5.32 Å². The van der Waals surface area contributed by atoms with Crippen molar-refractivity contribution in [3.8, 4) is 0 Å². The van der Waals surface area contributed by atoms with Crippen LogP contribution >= 0.6 is 0 Å². The highest BCUT2D eigenvalue weighted by Gasteiger charge is 2.00. The van der Waals surface area contributed by atoms with E-state index in [4.69, 9.17) is 0 Å². The Bertz CT molecular complexity index is 488. The van der Waals surface area contributed by atoms with Gasteiger partial charge in [0.25, 0.3) is 0 Å². The molecule has 0 heterocycles. The Hall–Kier alpha value is -1.86. The van der Waals surface area contributed by atoms with Gasteiger partial charge in [-0.3, -0.25) is 0 Å². The molecule has 19 heavy (non-hydrogen) atoms. The van der Waals surface area contributed by atoms with Gasteiger partial charge in [-0.25, -0.2) is 0 Å². The molecule has 0 aliphatic heterocycles. The van der Waals surface area contributed by atoms with Crippen molar-refractivity contribution in [2.24, 2.45) is 0 Å². The summed E-state index contributed by atoms with van der Waals surface area (Å²) in [6.45, 7) is 3.13. The Kier molecular flexibility index (Phi) is 5.39. The Morgan fingerprint density at radius 1 is 0.947 bits per heavy atom. The van der Waals surface area contributed by atoms with Crippen LogP contribution in [0.2, 0.25) is 0 Å². The van der Waals surface area contributed by atoms with Crippen LogP contribution in [-0.2, 0) is 6.42 Å². The first-order valence-electron chi connectivity index (χ1n) is 6.83. The van der Waals surface area contributed by atoms with Crippen molar-refractivity contribution >= 4 is 6.08 Å². The summed E-state index contributed by atoms with van der Waals surface area (Å²) in [7, 11) is 0. The molecule has 1 heteroatoms. The number of nitrogens with one attached hydrogen (secondary N) is 1. The largest absolute Gasteiger partial charge is 0.310 e. The predicted molar refractivity (Wildman–Crippen MR) is 83.1 cm³/mol. The van der Waals surface area contributed by atoms with Crippen LogP contribution in [-0.4, -0.2) is 12.6 Å². The summed E-state index contributed by atoms with van der Waals surface area (Å²) < 4.78 is 0. The molecule has 0 aromatic heterocycles. The number of benzene rings is 2. The second kappa shape index (κ2) is 7.55. The van der Waals surface area contributed by atoms with E-state index >= 15 is 0 Å². The van der Waals surface area contributed by atoms with Crippen LogP contribution in [0.15, 0.2) is 66.7 Å². The molecule has 0 aliphatic carbocycles. The number of rotatable bonds is 6. The number of hydrogen-bond donors (Lipinski definition) is 1. The normalized spacial score (nSPS) is 12.7. The van der Waals surface area contributed by atoms with Gasteiger partial charge in [0.05, 0.1) is 0 Å². The van der Waals surface area contributed by atoms with Crippen molar-refractivity contribution in [2.45, 2.75) is 19.4 Å². The Labute approximate surface area is 116 Å². The maximum Gasteiger partial charge on any atom is 0.0140 e. The fraction of sp³-hybridized carbons (Fsp3) is 0.222. The van der Waals surface area contributed by atoms with Gasteiger partial charge in [-0.1, -0.05) is 72.8 Å². The summed E-state index contributed by atoms with van der Waals surface area (Å²) in [6.07, 6.45) is 5.40. The Morgan fingerprint density at radius 3 is 2.26 bits per heavy atom. The molecule has 2 aromatic rings. The molecule has 2 aromatic carbocycles. The van der Waals surface area contributed by atoms with Crippen LogP contribution in [0, 0.1) is 0 Å². The van der Waals surface area contributed by atoms with Crippen molar-refractivity contribution in [1.82, 2.24) is 5.32 Å². The van der Waals surface area contributed by atoms with Gasteiger partial charge in [-0.15, -0.1) is 0 Å². The van der Waals surface area contributed by atoms with Crippen LogP contribution in [0.25, 0.3) is 6.08 Å². The summed E-state index contributed by atoms with van der Waals surface area (Å²) in [5, 5.41) is 3.51. The molecule has 0 spiro atoms. The smallest absolute Gasteiger partial charge is 0.0140 e. The van der Waals surface area contributed by atoms with Crippen molar-refractivity contribution in [1.29, 1.82) is 0 Å². The van der Waals surface area contributed by atoms with Crippen molar-refractivity contribution < 1.29 is 0 Å². The first-order valence-corrected chi connectivity index (χ1v) is 6.83. The average Bonchev–Trinajstić information content (AvgIpc) is 2.46. The molecule has 2 rings (SSSR count).